The van der Waals surface area contributed by atoms with Crippen LogP contribution in [0.2, 0.25) is 0 Å². The maximum Gasteiger partial charge on any atom is 0.222 e. The highest BCUT2D eigenvalue weighted by Crippen LogP contribution is 2.13. The summed E-state index contributed by atoms with van der Waals surface area (Å²) in [6.45, 7) is 7.62. The van der Waals surface area contributed by atoms with Gasteiger partial charge in [-0.2, -0.15) is 0 Å². The van der Waals surface area contributed by atoms with Crippen LogP contribution >= 0.6 is 0 Å². The molecule has 0 atom stereocenters. The Kier molecular flexibility index (Phi) is 7.56. The molecule has 0 spiro atoms. The molecule has 1 fully saturated rings. The van der Waals surface area contributed by atoms with Crippen LogP contribution in [0.4, 0.5) is 0 Å². The molecule has 0 saturated carbocycles. The highest BCUT2D eigenvalue weighted by molar-refractivity contribution is 5.76. The minimum absolute atomic E-state index is 0.327. The topological polar surface area (TPSA) is 49.6 Å². The Labute approximate surface area is 140 Å². The van der Waals surface area contributed by atoms with Crippen LogP contribution in [0, 0.1) is 6.92 Å². The minimum Gasteiger partial charge on any atom is -0.340 e. The van der Waals surface area contributed by atoms with E-state index >= 15 is 0 Å². The molecule has 1 aromatic carbocycles. The predicted octanol–water partition coefficient (Wildman–Crippen LogP) is 2.55. The van der Waals surface area contributed by atoms with Crippen molar-refractivity contribution in [1.82, 2.24) is 9.80 Å². The zero-order valence-corrected chi connectivity index (χ0v) is 14.5. The Morgan fingerprint density at radius 2 is 1.74 bits per heavy atom. The van der Waals surface area contributed by atoms with Crippen molar-refractivity contribution in [2.24, 2.45) is 5.73 Å². The Morgan fingerprint density at radius 1 is 1.04 bits per heavy atom. The summed E-state index contributed by atoms with van der Waals surface area (Å²) in [6.07, 6.45) is 5.04. The zero-order valence-electron chi connectivity index (χ0n) is 14.5. The van der Waals surface area contributed by atoms with Gasteiger partial charge in [0.2, 0.25) is 5.91 Å². The number of nitrogens with two attached hydrogens (primary N) is 1. The molecule has 2 rings (SSSR count). The van der Waals surface area contributed by atoms with Gasteiger partial charge in [-0.3, -0.25) is 9.69 Å². The number of benzene rings is 1. The number of hydrogen-bond donors (Lipinski definition) is 1. The van der Waals surface area contributed by atoms with Gasteiger partial charge >= 0.3 is 0 Å². The van der Waals surface area contributed by atoms with Crippen LogP contribution < -0.4 is 5.73 Å². The fraction of sp³-hybridized carbons (Fsp3) is 0.632. The van der Waals surface area contributed by atoms with Crippen molar-refractivity contribution in [2.75, 3.05) is 32.7 Å². The van der Waals surface area contributed by atoms with Gasteiger partial charge in [0.15, 0.2) is 0 Å². The molecule has 0 bridgehead atoms. The first kappa shape index (κ1) is 18.0. The number of aryl methyl sites for hydroxylation is 1. The summed E-state index contributed by atoms with van der Waals surface area (Å²) >= 11 is 0. The van der Waals surface area contributed by atoms with Gasteiger partial charge in [0.25, 0.3) is 0 Å². The first-order valence-corrected chi connectivity index (χ1v) is 8.95. The number of unbranched alkanes of at least 4 members (excludes halogenated alkanes) is 3. The molecule has 4 heteroatoms. The van der Waals surface area contributed by atoms with Crippen molar-refractivity contribution >= 4 is 5.91 Å². The molecule has 4 nitrogen and oxygen atoms in total. The number of rotatable bonds is 8. The Balaban J connectivity index is 1.67. The molecule has 1 aromatic rings. The van der Waals surface area contributed by atoms with Crippen molar-refractivity contribution in [3.8, 4) is 0 Å². The SMILES string of the molecule is Cc1ccccc1CN1CCN(C(=O)CCCCCCN)CC1. The molecular formula is C19H31N3O. The Bertz CT molecular complexity index is 481. The molecule has 128 valence electrons. The van der Waals surface area contributed by atoms with E-state index in [4.69, 9.17) is 5.73 Å². The third-order valence-corrected chi connectivity index (χ3v) is 4.72. The van der Waals surface area contributed by atoms with Gasteiger partial charge in [-0.05, 0) is 37.4 Å². The molecule has 23 heavy (non-hydrogen) atoms. The van der Waals surface area contributed by atoms with E-state index in [0.717, 1.165) is 65.0 Å². The fourth-order valence-corrected chi connectivity index (χ4v) is 3.12. The number of hydrogen-bond acceptors (Lipinski definition) is 3. The van der Waals surface area contributed by atoms with Crippen LogP contribution in [0.1, 0.15) is 43.2 Å². The van der Waals surface area contributed by atoms with Crippen LogP contribution in [-0.4, -0.2) is 48.4 Å². The average molecular weight is 317 g/mol. The van der Waals surface area contributed by atoms with Crippen LogP contribution in [0.25, 0.3) is 0 Å². The van der Waals surface area contributed by atoms with Gasteiger partial charge in [0.1, 0.15) is 0 Å². The van der Waals surface area contributed by atoms with Crippen LogP contribution in [-0.2, 0) is 11.3 Å². The number of piperazine rings is 1. The standard InChI is InChI=1S/C19H31N3O/c1-17-8-5-6-9-18(17)16-21-12-14-22(15-13-21)19(23)10-4-2-3-7-11-20/h5-6,8-9H,2-4,7,10-16,20H2,1H3. The summed E-state index contributed by atoms with van der Waals surface area (Å²) in [5, 5.41) is 0. The van der Waals surface area contributed by atoms with Crippen molar-refractivity contribution in [1.29, 1.82) is 0 Å². The van der Waals surface area contributed by atoms with E-state index in [1.54, 1.807) is 0 Å². The molecule has 0 radical (unpaired) electrons. The summed E-state index contributed by atoms with van der Waals surface area (Å²) in [5.74, 6) is 0.327. The van der Waals surface area contributed by atoms with E-state index in [9.17, 15) is 4.79 Å². The smallest absolute Gasteiger partial charge is 0.222 e. The molecule has 1 amide bonds. The first-order chi connectivity index (χ1) is 11.2. The molecule has 0 unspecified atom stereocenters. The minimum atomic E-state index is 0.327. The summed E-state index contributed by atoms with van der Waals surface area (Å²) in [6, 6.07) is 8.56. The van der Waals surface area contributed by atoms with Crippen molar-refractivity contribution < 1.29 is 4.79 Å². The largest absolute Gasteiger partial charge is 0.340 e. The lowest BCUT2D eigenvalue weighted by Crippen LogP contribution is -2.48. The molecule has 0 aromatic heterocycles. The first-order valence-electron chi connectivity index (χ1n) is 8.95. The van der Waals surface area contributed by atoms with E-state index in [1.165, 1.54) is 11.1 Å². The molecule has 1 aliphatic heterocycles. The maximum absolute atomic E-state index is 12.2. The highest BCUT2D eigenvalue weighted by Gasteiger charge is 2.20. The van der Waals surface area contributed by atoms with Crippen LogP contribution in [0.5, 0.6) is 0 Å². The van der Waals surface area contributed by atoms with E-state index < -0.39 is 0 Å². The van der Waals surface area contributed by atoms with Gasteiger partial charge in [-0.15, -0.1) is 0 Å². The lowest BCUT2D eigenvalue weighted by atomic mass is 10.1. The number of carbonyl (C=O) groups is 1. The predicted molar refractivity (Wildman–Crippen MR) is 95.2 cm³/mol. The molecule has 1 heterocycles. The Morgan fingerprint density at radius 3 is 2.43 bits per heavy atom. The van der Waals surface area contributed by atoms with Crippen molar-refractivity contribution in [2.45, 2.75) is 45.6 Å². The monoisotopic (exact) mass is 317 g/mol. The summed E-state index contributed by atoms with van der Waals surface area (Å²) in [4.78, 5) is 16.7. The summed E-state index contributed by atoms with van der Waals surface area (Å²) in [7, 11) is 0. The van der Waals surface area contributed by atoms with E-state index in [0.29, 0.717) is 12.3 Å². The number of amides is 1. The molecule has 1 aliphatic rings. The third-order valence-electron chi connectivity index (χ3n) is 4.72. The quantitative estimate of drug-likeness (QED) is 0.750. The third kappa shape index (κ3) is 5.96. The summed E-state index contributed by atoms with van der Waals surface area (Å²) in [5.41, 5.74) is 8.23. The van der Waals surface area contributed by atoms with Gasteiger partial charge < -0.3 is 10.6 Å². The Hall–Kier alpha value is -1.39. The van der Waals surface area contributed by atoms with Gasteiger partial charge in [-0.1, -0.05) is 37.1 Å². The van der Waals surface area contributed by atoms with Crippen LogP contribution in [0.3, 0.4) is 0 Å². The highest BCUT2D eigenvalue weighted by atomic mass is 16.2. The summed E-state index contributed by atoms with van der Waals surface area (Å²) < 4.78 is 0. The lowest BCUT2D eigenvalue weighted by Gasteiger charge is -2.35. The second-order valence-electron chi connectivity index (χ2n) is 6.54. The van der Waals surface area contributed by atoms with E-state index in [2.05, 4.69) is 36.1 Å². The second-order valence-corrected chi connectivity index (χ2v) is 6.54. The maximum atomic E-state index is 12.2. The molecule has 2 N–H and O–H groups in total. The van der Waals surface area contributed by atoms with Gasteiger partial charge in [0, 0.05) is 39.1 Å². The number of carbonyl (C=O) groups excluding carboxylic acids is 1. The average Bonchev–Trinajstić information content (AvgIpc) is 2.57. The molecular weight excluding hydrogens is 286 g/mol. The van der Waals surface area contributed by atoms with Crippen molar-refractivity contribution in [3.05, 3.63) is 35.4 Å². The van der Waals surface area contributed by atoms with Crippen molar-refractivity contribution in [3.63, 3.8) is 0 Å². The van der Waals surface area contributed by atoms with Crippen LogP contribution in [0.15, 0.2) is 24.3 Å². The van der Waals surface area contributed by atoms with E-state index in [-0.39, 0.29) is 0 Å². The molecule has 0 aliphatic carbocycles. The molecule has 1 saturated heterocycles. The fourth-order valence-electron chi connectivity index (χ4n) is 3.12. The normalized spacial score (nSPS) is 15.8. The lowest BCUT2D eigenvalue weighted by molar-refractivity contribution is -0.133. The van der Waals surface area contributed by atoms with Gasteiger partial charge in [0.05, 0.1) is 0 Å². The number of nitrogens with zero attached hydrogens (tertiary/aromatic N) is 2. The second kappa shape index (κ2) is 9.68. The van der Waals surface area contributed by atoms with Gasteiger partial charge in [-0.25, -0.2) is 0 Å². The van der Waals surface area contributed by atoms with E-state index in [1.807, 2.05) is 4.90 Å². The zero-order chi connectivity index (χ0) is 16.5.